The average Bonchev–Trinajstić information content (AvgIpc) is 2.54. The fraction of sp³-hybridized carbons (Fsp3) is 1.00. The first-order valence-electron chi connectivity index (χ1n) is 7.76. The molecule has 0 bridgehead atoms. The number of hydrogen-bond acceptors (Lipinski definition) is 2. The molecule has 2 fully saturated rings. The molecule has 1 N–H and O–H groups in total. The Kier molecular flexibility index (Phi) is 6.36. The third-order valence-electron chi connectivity index (χ3n) is 4.43. The summed E-state index contributed by atoms with van der Waals surface area (Å²) in [7, 11) is 0. The molecule has 0 aromatic rings. The smallest absolute Gasteiger partial charge is 0.0591 e. The molecule has 0 amide bonds. The van der Waals surface area contributed by atoms with Gasteiger partial charge < -0.3 is 10.1 Å². The first-order valence-corrected chi connectivity index (χ1v) is 7.76. The monoisotopic (exact) mass is 239 g/mol. The number of nitrogens with one attached hydrogen (secondary N) is 1. The standard InChI is InChI=1S/C15H29NO/c1-2-4-9-15(8-3-1)16-11-13-17-12-10-14-6-5-7-14/h14-16H,1-13H2. The second kappa shape index (κ2) is 8.10. The van der Waals surface area contributed by atoms with Crippen molar-refractivity contribution in [2.75, 3.05) is 19.8 Å². The highest BCUT2D eigenvalue weighted by Crippen LogP contribution is 2.29. The van der Waals surface area contributed by atoms with Gasteiger partial charge >= 0.3 is 0 Å². The molecular weight excluding hydrogens is 210 g/mol. The van der Waals surface area contributed by atoms with Gasteiger partial charge in [-0.05, 0) is 25.2 Å². The van der Waals surface area contributed by atoms with Crippen molar-refractivity contribution in [3.8, 4) is 0 Å². The third kappa shape index (κ3) is 5.39. The molecular formula is C15H29NO. The van der Waals surface area contributed by atoms with Gasteiger partial charge in [-0.1, -0.05) is 44.9 Å². The van der Waals surface area contributed by atoms with E-state index in [4.69, 9.17) is 4.74 Å². The Labute approximate surface area is 107 Å². The van der Waals surface area contributed by atoms with Crippen molar-refractivity contribution in [2.45, 2.75) is 70.3 Å². The Morgan fingerprint density at radius 1 is 0.824 bits per heavy atom. The van der Waals surface area contributed by atoms with E-state index in [-0.39, 0.29) is 0 Å². The largest absolute Gasteiger partial charge is 0.380 e. The molecule has 2 rings (SSSR count). The Hall–Kier alpha value is -0.0800. The molecule has 0 aliphatic heterocycles. The normalized spacial score (nSPS) is 23.3. The third-order valence-corrected chi connectivity index (χ3v) is 4.43. The summed E-state index contributed by atoms with van der Waals surface area (Å²) in [4.78, 5) is 0. The summed E-state index contributed by atoms with van der Waals surface area (Å²) in [5, 5.41) is 3.65. The van der Waals surface area contributed by atoms with Crippen LogP contribution in [0.5, 0.6) is 0 Å². The van der Waals surface area contributed by atoms with Gasteiger partial charge in [-0.15, -0.1) is 0 Å². The number of ether oxygens (including phenoxy) is 1. The Morgan fingerprint density at radius 2 is 1.59 bits per heavy atom. The van der Waals surface area contributed by atoms with Crippen LogP contribution in [0.2, 0.25) is 0 Å². The van der Waals surface area contributed by atoms with Crippen LogP contribution in [0, 0.1) is 5.92 Å². The van der Waals surface area contributed by atoms with Crippen molar-refractivity contribution in [3.05, 3.63) is 0 Å². The first-order chi connectivity index (χ1) is 8.45. The lowest BCUT2D eigenvalue weighted by molar-refractivity contribution is 0.106. The number of rotatable bonds is 7. The summed E-state index contributed by atoms with van der Waals surface area (Å²) in [5.41, 5.74) is 0. The molecule has 2 nitrogen and oxygen atoms in total. The lowest BCUT2D eigenvalue weighted by Crippen LogP contribution is -2.31. The van der Waals surface area contributed by atoms with Crippen molar-refractivity contribution in [3.63, 3.8) is 0 Å². The van der Waals surface area contributed by atoms with Crippen LogP contribution in [0.25, 0.3) is 0 Å². The van der Waals surface area contributed by atoms with Crippen LogP contribution in [0.3, 0.4) is 0 Å². The minimum absolute atomic E-state index is 0.771. The quantitative estimate of drug-likeness (QED) is 0.542. The molecule has 0 spiro atoms. The fourth-order valence-corrected chi connectivity index (χ4v) is 2.95. The molecule has 0 unspecified atom stereocenters. The van der Waals surface area contributed by atoms with Crippen LogP contribution < -0.4 is 5.32 Å². The minimum atomic E-state index is 0.771. The van der Waals surface area contributed by atoms with E-state index in [1.165, 1.54) is 64.2 Å². The lowest BCUT2D eigenvalue weighted by atomic mass is 9.83. The van der Waals surface area contributed by atoms with Crippen LogP contribution in [0.15, 0.2) is 0 Å². The molecule has 0 heterocycles. The molecule has 2 aliphatic carbocycles. The second-order valence-corrected chi connectivity index (χ2v) is 5.84. The molecule has 2 saturated carbocycles. The van der Waals surface area contributed by atoms with Crippen LogP contribution in [0.4, 0.5) is 0 Å². The van der Waals surface area contributed by atoms with Crippen molar-refractivity contribution in [1.82, 2.24) is 5.32 Å². The minimum Gasteiger partial charge on any atom is -0.380 e. The summed E-state index contributed by atoms with van der Waals surface area (Å²) >= 11 is 0. The van der Waals surface area contributed by atoms with E-state index in [1.54, 1.807) is 0 Å². The highest BCUT2D eigenvalue weighted by molar-refractivity contribution is 4.71. The van der Waals surface area contributed by atoms with Gasteiger partial charge in [-0.25, -0.2) is 0 Å². The molecule has 2 heteroatoms. The Bertz CT molecular complexity index is 183. The van der Waals surface area contributed by atoms with E-state index < -0.39 is 0 Å². The summed E-state index contributed by atoms with van der Waals surface area (Å²) in [6.07, 6.45) is 14.1. The highest BCUT2D eigenvalue weighted by atomic mass is 16.5. The van der Waals surface area contributed by atoms with Crippen molar-refractivity contribution >= 4 is 0 Å². The maximum Gasteiger partial charge on any atom is 0.0591 e. The summed E-state index contributed by atoms with van der Waals surface area (Å²) in [6, 6.07) is 0.771. The molecule has 0 aromatic heterocycles. The summed E-state index contributed by atoms with van der Waals surface area (Å²) < 4.78 is 5.70. The van der Waals surface area contributed by atoms with E-state index in [2.05, 4.69) is 5.32 Å². The van der Waals surface area contributed by atoms with E-state index in [9.17, 15) is 0 Å². The zero-order valence-corrected chi connectivity index (χ0v) is 11.3. The van der Waals surface area contributed by atoms with E-state index in [1.807, 2.05) is 0 Å². The van der Waals surface area contributed by atoms with E-state index in [0.717, 1.165) is 31.7 Å². The van der Waals surface area contributed by atoms with E-state index in [0.29, 0.717) is 0 Å². The van der Waals surface area contributed by atoms with Crippen LogP contribution >= 0.6 is 0 Å². The van der Waals surface area contributed by atoms with Gasteiger partial charge in [-0.3, -0.25) is 0 Å². The number of hydrogen-bond donors (Lipinski definition) is 1. The summed E-state index contributed by atoms with van der Waals surface area (Å²) in [6.45, 7) is 2.94. The van der Waals surface area contributed by atoms with Crippen molar-refractivity contribution < 1.29 is 4.74 Å². The zero-order chi connectivity index (χ0) is 11.8. The molecule has 0 atom stereocenters. The topological polar surface area (TPSA) is 21.3 Å². The average molecular weight is 239 g/mol. The van der Waals surface area contributed by atoms with Crippen molar-refractivity contribution in [1.29, 1.82) is 0 Å². The predicted octanol–water partition coefficient (Wildman–Crippen LogP) is 3.51. The molecule has 0 saturated heterocycles. The highest BCUT2D eigenvalue weighted by Gasteiger charge is 2.16. The first kappa shape index (κ1) is 13.4. The van der Waals surface area contributed by atoms with Gasteiger partial charge in [-0.2, -0.15) is 0 Å². The maximum atomic E-state index is 5.70. The van der Waals surface area contributed by atoms with Crippen LogP contribution in [0.1, 0.15) is 64.2 Å². The predicted molar refractivity (Wildman–Crippen MR) is 72.3 cm³/mol. The molecule has 0 aromatic carbocycles. The van der Waals surface area contributed by atoms with Gasteiger partial charge in [0.25, 0.3) is 0 Å². The molecule has 0 radical (unpaired) electrons. The molecule has 100 valence electrons. The Morgan fingerprint density at radius 3 is 2.24 bits per heavy atom. The Balaban J connectivity index is 1.39. The van der Waals surface area contributed by atoms with Crippen LogP contribution in [-0.4, -0.2) is 25.8 Å². The van der Waals surface area contributed by atoms with Gasteiger partial charge in [0.1, 0.15) is 0 Å². The maximum absolute atomic E-state index is 5.70. The molecule has 17 heavy (non-hydrogen) atoms. The fourth-order valence-electron chi connectivity index (χ4n) is 2.95. The SMILES string of the molecule is C1CCCC(NCCOCCC2CCC2)CC1. The van der Waals surface area contributed by atoms with Gasteiger partial charge in [0, 0.05) is 19.2 Å². The lowest BCUT2D eigenvalue weighted by Gasteiger charge is -2.25. The summed E-state index contributed by atoms with van der Waals surface area (Å²) in [5.74, 6) is 0.991. The second-order valence-electron chi connectivity index (χ2n) is 5.84. The zero-order valence-electron chi connectivity index (χ0n) is 11.3. The van der Waals surface area contributed by atoms with Crippen molar-refractivity contribution in [2.24, 2.45) is 5.92 Å². The van der Waals surface area contributed by atoms with Gasteiger partial charge in [0.2, 0.25) is 0 Å². The van der Waals surface area contributed by atoms with E-state index >= 15 is 0 Å². The molecule has 2 aliphatic rings. The van der Waals surface area contributed by atoms with Gasteiger partial charge in [0.05, 0.1) is 6.61 Å². The van der Waals surface area contributed by atoms with Crippen LogP contribution in [-0.2, 0) is 4.74 Å². The van der Waals surface area contributed by atoms with Gasteiger partial charge in [0.15, 0.2) is 0 Å².